The lowest BCUT2D eigenvalue weighted by atomic mass is 10.2. The fraction of sp³-hybridized carbons (Fsp3) is 0.118. The smallest absolute Gasteiger partial charge is 0.237 e. The second-order valence-corrected chi connectivity index (χ2v) is 7.18. The number of rotatable bonds is 5. The molecular weight excluding hydrogens is 377 g/mol. The fourth-order valence-electron chi connectivity index (χ4n) is 2.14. The summed E-state index contributed by atoms with van der Waals surface area (Å²) in [5, 5.41) is 11.3. The van der Waals surface area contributed by atoms with Crippen molar-refractivity contribution in [3.05, 3.63) is 59.4 Å². The molecule has 0 bridgehead atoms. The van der Waals surface area contributed by atoms with Gasteiger partial charge in [-0.25, -0.2) is 9.07 Å². The van der Waals surface area contributed by atoms with E-state index in [4.69, 9.17) is 17.4 Å². The summed E-state index contributed by atoms with van der Waals surface area (Å²) in [6.07, 6.45) is 0. The Balaban J connectivity index is 1.69. The number of nitrogen functional groups attached to an aromatic ring is 1. The highest BCUT2D eigenvalue weighted by atomic mass is 35.5. The van der Waals surface area contributed by atoms with Gasteiger partial charge in [-0.15, -0.1) is 10.2 Å². The van der Waals surface area contributed by atoms with E-state index < -0.39 is 5.25 Å². The zero-order chi connectivity index (χ0) is 18.7. The molecule has 1 atom stereocenters. The molecule has 3 aromatic rings. The van der Waals surface area contributed by atoms with Gasteiger partial charge in [0.15, 0.2) is 5.82 Å². The highest BCUT2D eigenvalue weighted by Gasteiger charge is 2.20. The molecule has 0 radical (unpaired) electrons. The number of carbonyl (C=O) groups excluding carboxylic acids is 1. The number of anilines is 1. The van der Waals surface area contributed by atoms with Gasteiger partial charge in [0.2, 0.25) is 11.1 Å². The van der Waals surface area contributed by atoms with Crippen molar-refractivity contribution in [1.82, 2.24) is 14.9 Å². The minimum absolute atomic E-state index is 0.205. The van der Waals surface area contributed by atoms with Crippen LogP contribution in [0.3, 0.4) is 0 Å². The molecule has 26 heavy (non-hydrogen) atoms. The monoisotopic (exact) mass is 391 g/mol. The molecule has 2 aromatic carbocycles. The van der Waals surface area contributed by atoms with E-state index >= 15 is 0 Å². The van der Waals surface area contributed by atoms with Gasteiger partial charge >= 0.3 is 0 Å². The maximum atomic E-state index is 13.0. The Morgan fingerprint density at radius 3 is 2.50 bits per heavy atom. The molecule has 9 heteroatoms. The molecule has 6 nitrogen and oxygen atoms in total. The second kappa shape index (κ2) is 7.76. The van der Waals surface area contributed by atoms with Crippen LogP contribution in [0, 0.1) is 5.82 Å². The van der Waals surface area contributed by atoms with Gasteiger partial charge in [-0.2, -0.15) is 0 Å². The minimum atomic E-state index is -0.460. The molecule has 0 saturated heterocycles. The maximum Gasteiger partial charge on any atom is 0.237 e. The summed E-state index contributed by atoms with van der Waals surface area (Å²) in [6, 6.07) is 12.6. The average Bonchev–Trinajstić information content (AvgIpc) is 2.98. The summed E-state index contributed by atoms with van der Waals surface area (Å²) < 4.78 is 14.3. The van der Waals surface area contributed by atoms with Crippen LogP contribution in [0.4, 0.5) is 10.1 Å². The molecule has 0 aliphatic heterocycles. The largest absolute Gasteiger partial charge is 0.335 e. The van der Waals surface area contributed by atoms with Crippen LogP contribution >= 0.6 is 23.4 Å². The number of thioether (sulfide) groups is 1. The maximum absolute atomic E-state index is 13.0. The highest BCUT2D eigenvalue weighted by Crippen LogP contribution is 2.25. The van der Waals surface area contributed by atoms with Crippen LogP contribution in [0.2, 0.25) is 5.02 Å². The van der Waals surface area contributed by atoms with E-state index in [1.54, 1.807) is 43.3 Å². The van der Waals surface area contributed by atoms with Gasteiger partial charge in [0.25, 0.3) is 0 Å². The quantitative estimate of drug-likeness (QED) is 0.513. The topological polar surface area (TPSA) is 85.8 Å². The number of benzene rings is 2. The molecule has 0 spiro atoms. The standard InChI is InChI=1S/C17H15ClFN5OS/c1-10(16(25)21-14-8-4-12(18)5-9-14)26-17-23-22-15(24(17)20)11-2-6-13(19)7-3-11/h2-10H,20H2,1H3,(H,21,25)/t10-/m0/s1. The van der Waals surface area contributed by atoms with Crippen molar-refractivity contribution in [1.29, 1.82) is 0 Å². The molecule has 1 heterocycles. The average molecular weight is 392 g/mol. The minimum Gasteiger partial charge on any atom is -0.335 e. The number of nitrogens with two attached hydrogens (primary N) is 1. The van der Waals surface area contributed by atoms with Crippen LogP contribution in [-0.4, -0.2) is 26.0 Å². The highest BCUT2D eigenvalue weighted by molar-refractivity contribution is 8.00. The Kier molecular flexibility index (Phi) is 5.43. The summed E-state index contributed by atoms with van der Waals surface area (Å²) in [5.41, 5.74) is 1.28. The molecular formula is C17H15ClFN5OS. The van der Waals surface area contributed by atoms with E-state index in [1.165, 1.54) is 28.6 Å². The molecule has 0 aliphatic rings. The number of aromatic nitrogens is 3. The van der Waals surface area contributed by atoms with Crippen molar-refractivity contribution in [2.24, 2.45) is 0 Å². The third-order valence-corrected chi connectivity index (χ3v) is 4.84. The van der Waals surface area contributed by atoms with E-state index in [0.29, 0.717) is 27.3 Å². The third-order valence-electron chi connectivity index (χ3n) is 3.53. The number of amides is 1. The molecule has 0 saturated carbocycles. The lowest BCUT2D eigenvalue weighted by Crippen LogP contribution is -2.23. The van der Waals surface area contributed by atoms with Gasteiger partial charge in [-0.1, -0.05) is 23.4 Å². The Morgan fingerprint density at radius 2 is 1.85 bits per heavy atom. The summed E-state index contributed by atoms with van der Waals surface area (Å²) in [7, 11) is 0. The summed E-state index contributed by atoms with van der Waals surface area (Å²) in [4.78, 5) is 12.3. The van der Waals surface area contributed by atoms with Crippen molar-refractivity contribution in [3.63, 3.8) is 0 Å². The first-order valence-electron chi connectivity index (χ1n) is 7.63. The number of halogens is 2. The van der Waals surface area contributed by atoms with Crippen LogP contribution in [0.15, 0.2) is 53.7 Å². The molecule has 3 rings (SSSR count). The Morgan fingerprint density at radius 1 is 1.19 bits per heavy atom. The molecule has 1 amide bonds. The van der Waals surface area contributed by atoms with Crippen LogP contribution in [-0.2, 0) is 4.79 Å². The molecule has 3 N–H and O–H groups in total. The van der Waals surface area contributed by atoms with Gasteiger partial charge in [0.05, 0.1) is 5.25 Å². The van der Waals surface area contributed by atoms with Crippen LogP contribution in [0.1, 0.15) is 6.92 Å². The number of nitrogens with one attached hydrogen (secondary N) is 1. The van der Waals surface area contributed by atoms with E-state index in [-0.39, 0.29) is 11.7 Å². The first kappa shape index (κ1) is 18.2. The van der Waals surface area contributed by atoms with Gasteiger partial charge in [-0.05, 0) is 55.5 Å². The van der Waals surface area contributed by atoms with Crippen LogP contribution in [0.5, 0.6) is 0 Å². The Bertz CT molecular complexity index is 914. The first-order chi connectivity index (χ1) is 12.4. The Labute approximate surface area is 158 Å². The lowest BCUT2D eigenvalue weighted by Gasteiger charge is -2.11. The van der Waals surface area contributed by atoms with Gasteiger partial charge in [-0.3, -0.25) is 4.79 Å². The van der Waals surface area contributed by atoms with Crippen molar-refractivity contribution in [2.75, 3.05) is 11.2 Å². The SMILES string of the molecule is C[C@H](Sc1nnc(-c2ccc(F)cc2)n1N)C(=O)Nc1ccc(Cl)cc1. The predicted octanol–water partition coefficient (Wildman–Crippen LogP) is 3.57. The molecule has 134 valence electrons. The third kappa shape index (κ3) is 4.14. The first-order valence-corrected chi connectivity index (χ1v) is 8.89. The summed E-state index contributed by atoms with van der Waals surface area (Å²) >= 11 is 7.00. The van der Waals surface area contributed by atoms with Crippen molar-refractivity contribution >= 4 is 35.0 Å². The van der Waals surface area contributed by atoms with Crippen LogP contribution < -0.4 is 11.2 Å². The zero-order valence-corrected chi connectivity index (χ0v) is 15.3. The van der Waals surface area contributed by atoms with Gasteiger partial charge < -0.3 is 11.2 Å². The zero-order valence-electron chi connectivity index (χ0n) is 13.7. The molecule has 0 unspecified atom stereocenters. The van der Waals surface area contributed by atoms with E-state index in [0.717, 1.165) is 0 Å². The fourth-order valence-corrected chi connectivity index (χ4v) is 3.04. The molecule has 0 aliphatic carbocycles. The summed E-state index contributed by atoms with van der Waals surface area (Å²) in [6.45, 7) is 1.74. The van der Waals surface area contributed by atoms with Crippen molar-refractivity contribution < 1.29 is 9.18 Å². The number of carbonyl (C=O) groups is 1. The number of nitrogens with zero attached hydrogens (tertiary/aromatic N) is 3. The lowest BCUT2D eigenvalue weighted by molar-refractivity contribution is -0.115. The number of hydrogen-bond donors (Lipinski definition) is 2. The molecule has 0 fully saturated rings. The van der Waals surface area contributed by atoms with Crippen molar-refractivity contribution in [2.45, 2.75) is 17.3 Å². The van der Waals surface area contributed by atoms with Gasteiger partial charge in [0.1, 0.15) is 5.82 Å². The van der Waals surface area contributed by atoms with E-state index in [1.807, 2.05) is 0 Å². The van der Waals surface area contributed by atoms with E-state index in [9.17, 15) is 9.18 Å². The van der Waals surface area contributed by atoms with E-state index in [2.05, 4.69) is 15.5 Å². The van der Waals surface area contributed by atoms with Gasteiger partial charge in [0, 0.05) is 16.3 Å². The second-order valence-electron chi connectivity index (χ2n) is 5.44. The van der Waals surface area contributed by atoms with Crippen LogP contribution in [0.25, 0.3) is 11.4 Å². The normalized spacial score (nSPS) is 12.0. The predicted molar refractivity (Wildman–Crippen MR) is 101 cm³/mol. The number of hydrogen-bond acceptors (Lipinski definition) is 5. The Hall–Kier alpha value is -2.58. The molecule has 1 aromatic heterocycles. The summed E-state index contributed by atoms with van der Waals surface area (Å²) in [5.74, 6) is 5.86. The van der Waals surface area contributed by atoms with Crippen molar-refractivity contribution in [3.8, 4) is 11.4 Å².